The van der Waals surface area contributed by atoms with Gasteiger partial charge in [-0.2, -0.15) is 0 Å². The first-order valence-corrected chi connectivity index (χ1v) is 13.3. The van der Waals surface area contributed by atoms with E-state index >= 15 is 0 Å². The summed E-state index contributed by atoms with van der Waals surface area (Å²) in [4.78, 5) is 37.8. The number of aromatic nitrogens is 2. The lowest BCUT2D eigenvalue weighted by atomic mass is 9.72. The molecule has 10 heteroatoms. The van der Waals surface area contributed by atoms with E-state index in [1.165, 1.54) is 18.6 Å². The summed E-state index contributed by atoms with van der Waals surface area (Å²) in [7, 11) is 0. The molecule has 0 bridgehead atoms. The van der Waals surface area contributed by atoms with Crippen LogP contribution in [0.1, 0.15) is 40.9 Å². The minimum absolute atomic E-state index is 0.119. The number of amides is 2. The van der Waals surface area contributed by atoms with Crippen molar-refractivity contribution < 1.29 is 14.3 Å². The summed E-state index contributed by atoms with van der Waals surface area (Å²) in [6.07, 6.45) is 6.38. The molecule has 1 atom stereocenters. The van der Waals surface area contributed by atoms with Gasteiger partial charge in [0.1, 0.15) is 18.0 Å². The number of carbonyl (C=O) groups excluding carboxylic acids is 2. The minimum Gasteiger partial charge on any atom is -0.369 e. The second-order valence-corrected chi connectivity index (χ2v) is 10.7. The van der Waals surface area contributed by atoms with Crippen molar-refractivity contribution >= 4 is 35.0 Å². The maximum absolute atomic E-state index is 13.1. The third-order valence-corrected chi connectivity index (χ3v) is 8.54. The van der Waals surface area contributed by atoms with Gasteiger partial charge >= 0.3 is 0 Å². The van der Waals surface area contributed by atoms with E-state index in [1.807, 2.05) is 42.5 Å². The van der Waals surface area contributed by atoms with Crippen LogP contribution >= 0.6 is 23.2 Å². The van der Waals surface area contributed by atoms with E-state index in [0.717, 1.165) is 24.2 Å². The molecule has 0 spiro atoms. The summed E-state index contributed by atoms with van der Waals surface area (Å²) in [5.74, 6) is -0.528. The van der Waals surface area contributed by atoms with E-state index in [1.54, 1.807) is 11.0 Å². The summed E-state index contributed by atoms with van der Waals surface area (Å²) in [5, 5.41) is 0.883. The Morgan fingerprint density at radius 1 is 1.00 bits per heavy atom. The summed E-state index contributed by atoms with van der Waals surface area (Å²) >= 11 is 12.6. The highest BCUT2D eigenvalue weighted by molar-refractivity contribution is 6.42. The van der Waals surface area contributed by atoms with Crippen LogP contribution in [-0.4, -0.2) is 64.5 Å². The Morgan fingerprint density at radius 2 is 1.76 bits per heavy atom. The molecule has 2 aliphatic rings. The van der Waals surface area contributed by atoms with Crippen molar-refractivity contribution in [3.8, 4) is 0 Å². The molecule has 2 aromatic carbocycles. The lowest BCUT2D eigenvalue weighted by molar-refractivity contribution is -0.125. The first kappa shape index (κ1) is 26.6. The number of nitrogens with two attached hydrogens (primary N) is 1. The van der Waals surface area contributed by atoms with Crippen molar-refractivity contribution in [1.29, 1.82) is 0 Å². The molecule has 3 aromatic rings. The van der Waals surface area contributed by atoms with E-state index in [2.05, 4.69) is 14.9 Å². The maximum Gasteiger partial charge on any atom is 0.275 e. The largest absolute Gasteiger partial charge is 0.369 e. The Hall–Kier alpha value is -3.04. The van der Waals surface area contributed by atoms with Gasteiger partial charge in [0.05, 0.1) is 28.2 Å². The van der Waals surface area contributed by atoms with E-state index in [-0.39, 0.29) is 24.2 Å². The van der Waals surface area contributed by atoms with Crippen LogP contribution in [0, 0.1) is 0 Å². The lowest BCUT2D eigenvalue weighted by Crippen LogP contribution is -2.50. The van der Waals surface area contributed by atoms with Crippen LogP contribution in [0.15, 0.2) is 67.1 Å². The Balaban J connectivity index is 1.33. The summed E-state index contributed by atoms with van der Waals surface area (Å²) in [5.41, 5.74) is 6.57. The molecule has 2 fully saturated rings. The summed E-state index contributed by atoms with van der Waals surface area (Å²) in [6, 6.07) is 15.2. The Kier molecular flexibility index (Phi) is 7.68. The first-order valence-electron chi connectivity index (χ1n) is 12.6. The van der Waals surface area contributed by atoms with Gasteiger partial charge < -0.3 is 20.3 Å². The third-order valence-electron chi connectivity index (χ3n) is 7.80. The maximum atomic E-state index is 13.1. The lowest BCUT2D eigenvalue weighted by Gasteiger charge is -2.41. The summed E-state index contributed by atoms with van der Waals surface area (Å²) in [6.45, 7) is 2.60. The van der Waals surface area contributed by atoms with Gasteiger partial charge in [-0.15, -0.1) is 0 Å². The second-order valence-electron chi connectivity index (χ2n) is 9.89. The number of primary amides is 1. The van der Waals surface area contributed by atoms with Gasteiger partial charge in [0.25, 0.3) is 5.91 Å². The predicted octanol–water partition coefficient (Wildman–Crippen LogP) is 4.02. The molecule has 2 aliphatic heterocycles. The smallest absolute Gasteiger partial charge is 0.275 e. The van der Waals surface area contributed by atoms with Crippen LogP contribution in [0.25, 0.3) is 0 Å². The molecule has 2 saturated heterocycles. The number of halogens is 2. The van der Waals surface area contributed by atoms with E-state index < -0.39 is 11.0 Å². The molecule has 3 heterocycles. The van der Waals surface area contributed by atoms with Crippen molar-refractivity contribution in [3.63, 3.8) is 0 Å². The Labute approximate surface area is 231 Å². The molecule has 0 radical (unpaired) electrons. The van der Waals surface area contributed by atoms with Crippen molar-refractivity contribution in [3.05, 3.63) is 94.0 Å². The zero-order valence-electron chi connectivity index (χ0n) is 20.9. The van der Waals surface area contributed by atoms with Crippen molar-refractivity contribution in [1.82, 2.24) is 19.8 Å². The average Bonchev–Trinajstić information content (AvgIpc) is 3.40. The number of hydrogen-bond donors (Lipinski definition) is 1. The van der Waals surface area contributed by atoms with Gasteiger partial charge in [-0.25, -0.2) is 4.98 Å². The molecule has 1 aromatic heterocycles. The SMILES string of the molecule is NC(=O)C1(c2ccccc2)CCN(CC[C@@]2(c3ccc(Cl)c(Cl)c3)CN(C(=O)c3cnccn3)CO2)CC1. The Morgan fingerprint density at radius 3 is 2.42 bits per heavy atom. The minimum atomic E-state index is -0.774. The molecule has 0 unspecified atom stereocenters. The average molecular weight is 554 g/mol. The number of nitrogens with zero attached hydrogens (tertiary/aromatic N) is 4. The Bertz CT molecular complexity index is 1300. The van der Waals surface area contributed by atoms with E-state index in [0.29, 0.717) is 42.4 Å². The molecular weight excluding hydrogens is 525 g/mol. The van der Waals surface area contributed by atoms with Gasteiger partial charge in [-0.1, -0.05) is 59.6 Å². The van der Waals surface area contributed by atoms with Gasteiger partial charge in [0.15, 0.2) is 0 Å². The molecule has 0 aliphatic carbocycles. The number of rotatable bonds is 7. The monoisotopic (exact) mass is 553 g/mol. The van der Waals surface area contributed by atoms with Crippen molar-refractivity contribution in [2.45, 2.75) is 30.3 Å². The zero-order valence-corrected chi connectivity index (χ0v) is 22.4. The van der Waals surface area contributed by atoms with Gasteiger partial charge in [0.2, 0.25) is 5.91 Å². The molecule has 198 valence electrons. The van der Waals surface area contributed by atoms with Crippen LogP contribution < -0.4 is 5.73 Å². The number of likely N-dealkylation sites (tertiary alicyclic amines) is 1. The number of carbonyl (C=O) groups is 2. The van der Waals surface area contributed by atoms with Crippen LogP contribution in [0.5, 0.6) is 0 Å². The predicted molar refractivity (Wildman–Crippen MR) is 145 cm³/mol. The highest BCUT2D eigenvalue weighted by Gasteiger charge is 2.45. The van der Waals surface area contributed by atoms with E-state index in [9.17, 15) is 9.59 Å². The van der Waals surface area contributed by atoms with Crippen molar-refractivity contribution in [2.75, 3.05) is 32.9 Å². The zero-order chi connectivity index (χ0) is 26.8. The molecule has 0 saturated carbocycles. The quantitative estimate of drug-likeness (QED) is 0.474. The van der Waals surface area contributed by atoms with Crippen LogP contribution in [0.3, 0.4) is 0 Å². The molecule has 8 nitrogen and oxygen atoms in total. The number of piperidine rings is 1. The van der Waals surface area contributed by atoms with Gasteiger partial charge in [0, 0.05) is 18.9 Å². The van der Waals surface area contributed by atoms with Crippen molar-refractivity contribution in [2.24, 2.45) is 5.73 Å². The fourth-order valence-electron chi connectivity index (χ4n) is 5.48. The fourth-order valence-corrected chi connectivity index (χ4v) is 5.78. The number of benzene rings is 2. The van der Waals surface area contributed by atoms with Crippen LogP contribution in [0.4, 0.5) is 0 Å². The van der Waals surface area contributed by atoms with Crippen LogP contribution in [-0.2, 0) is 20.5 Å². The second kappa shape index (κ2) is 11.0. The van der Waals surface area contributed by atoms with Gasteiger partial charge in [-0.05, 0) is 55.6 Å². The third kappa shape index (κ3) is 5.14. The van der Waals surface area contributed by atoms with Crippen LogP contribution in [0.2, 0.25) is 10.0 Å². The summed E-state index contributed by atoms with van der Waals surface area (Å²) < 4.78 is 6.37. The molecule has 2 N–H and O–H groups in total. The molecule has 38 heavy (non-hydrogen) atoms. The van der Waals surface area contributed by atoms with Gasteiger partial charge in [-0.3, -0.25) is 14.6 Å². The van der Waals surface area contributed by atoms with E-state index in [4.69, 9.17) is 33.7 Å². The molecule has 2 amide bonds. The molecule has 5 rings (SSSR count). The normalized spacial score (nSPS) is 21.4. The topological polar surface area (TPSA) is 102 Å². The highest BCUT2D eigenvalue weighted by Crippen LogP contribution is 2.40. The fraction of sp³-hybridized carbons (Fsp3) is 0.357. The standard InChI is InChI=1S/C28H29Cl2N5O3/c29-22-7-6-21(16-23(22)30)28(18-35(19-38-28)25(36)24-17-32-11-12-33-24)10-15-34-13-8-27(9-14-34,26(31)37)20-4-2-1-3-5-20/h1-7,11-12,16-17H,8-10,13-15,18-19H2,(H2,31,37)/t28-/m0/s1. The highest BCUT2D eigenvalue weighted by atomic mass is 35.5. The number of ether oxygens (including phenoxy) is 1. The molecular formula is C28H29Cl2N5O3. The first-order chi connectivity index (χ1) is 18.3. The number of hydrogen-bond acceptors (Lipinski definition) is 6.